The first-order valence-electron chi connectivity index (χ1n) is 8.37. The molecule has 4 aromatic rings. The van der Waals surface area contributed by atoms with Gasteiger partial charge in [-0.3, -0.25) is 4.79 Å². The Morgan fingerprint density at radius 1 is 1.11 bits per heavy atom. The molecule has 0 fully saturated rings. The number of amides is 1. The summed E-state index contributed by atoms with van der Waals surface area (Å²) in [6.07, 6.45) is 0. The van der Waals surface area contributed by atoms with Crippen molar-refractivity contribution in [2.45, 2.75) is 13.0 Å². The Morgan fingerprint density at radius 3 is 2.59 bits per heavy atom. The molecule has 2 heterocycles. The zero-order chi connectivity index (χ0) is 19.0. The summed E-state index contributed by atoms with van der Waals surface area (Å²) in [6, 6.07) is 15.3. The van der Waals surface area contributed by atoms with Crippen molar-refractivity contribution in [1.82, 2.24) is 14.9 Å². The maximum absolute atomic E-state index is 12.9. The van der Waals surface area contributed by atoms with E-state index in [-0.39, 0.29) is 11.9 Å². The zero-order valence-corrected chi connectivity index (χ0v) is 17.1. The van der Waals surface area contributed by atoms with E-state index in [0.717, 1.165) is 25.8 Å². The summed E-state index contributed by atoms with van der Waals surface area (Å²) < 4.78 is 1.12. The molecule has 0 bridgehead atoms. The number of benzene rings is 2. The van der Waals surface area contributed by atoms with Crippen molar-refractivity contribution >= 4 is 50.4 Å². The number of carbonyl (C=O) groups excluding carboxylic acids is 1. The summed E-state index contributed by atoms with van der Waals surface area (Å²) in [7, 11) is 1.79. The second-order valence-corrected chi connectivity index (χ2v) is 8.51. The summed E-state index contributed by atoms with van der Waals surface area (Å²) in [6.45, 7) is 1.99. The molecule has 136 valence electrons. The first kappa shape index (κ1) is 18.1. The van der Waals surface area contributed by atoms with E-state index in [1.54, 1.807) is 28.7 Å². The summed E-state index contributed by atoms with van der Waals surface area (Å²) >= 11 is 9.00. The van der Waals surface area contributed by atoms with Crippen molar-refractivity contribution in [3.63, 3.8) is 0 Å². The Labute approximate surface area is 170 Å². The first-order valence-corrected chi connectivity index (χ1v) is 10.4. The normalized spacial score (nSPS) is 12.3. The van der Waals surface area contributed by atoms with Crippen molar-refractivity contribution < 1.29 is 4.79 Å². The molecule has 0 aliphatic heterocycles. The highest BCUT2D eigenvalue weighted by atomic mass is 35.5. The summed E-state index contributed by atoms with van der Waals surface area (Å²) in [5.74, 6) is -0.113. The molecule has 0 saturated carbocycles. The topological polar surface area (TPSA) is 46.1 Å². The van der Waals surface area contributed by atoms with Gasteiger partial charge >= 0.3 is 0 Å². The smallest absolute Gasteiger partial charge is 0.273 e. The Balaban J connectivity index is 1.55. The molecule has 2 aromatic carbocycles. The lowest BCUT2D eigenvalue weighted by Gasteiger charge is -2.22. The molecule has 1 unspecified atom stereocenters. The molecule has 4 nitrogen and oxygen atoms in total. The summed E-state index contributed by atoms with van der Waals surface area (Å²) in [5.41, 5.74) is 2.36. The predicted molar refractivity (Wildman–Crippen MR) is 113 cm³/mol. The highest BCUT2D eigenvalue weighted by Gasteiger charge is 2.23. The van der Waals surface area contributed by atoms with E-state index >= 15 is 0 Å². The second kappa shape index (κ2) is 7.38. The molecule has 27 heavy (non-hydrogen) atoms. The zero-order valence-electron chi connectivity index (χ0n) is 14.7. The third kappa shape index (κ3) is 3.60. The Kier molecular flexibility index (Phi) is 4.95. The fraction of sp³-hybridized carbons (Fsp3) is 0.150. The molecular formula is C20H16ClN3OS2. The van der Waals surface area contributed by atoms with Crippen LogP contribution in [-0.2, 0) is 0 Å². The standard InChI is InChI=1S/C20H16ClN3OS2/c1-12(18-22-15-5-3-4-6-17(15)27-18)24(2)20(25)16-11-26-19(23-16)13-7-9-14(21)10-8-13/h3-12H,1-2H3. The number of carbonyl (C=O) groups is 1. The number of nitrogens with zero attached hydrogens (tertiary/aromatic N) is 3. The number of hydrogen-bond donors (Lipinski definition) is 0. The highest BCUT2D eigenvalue weighted by molar-refractivity contribution is 7.18. The molecule has 1 atom stereocenters. The van der Waals surface area contributed by atoms with Crippen LogP contribution in [0.15, 0.2) is 53.9 Å². The van der Waals surface area contributed by atoms with Gasteiger partial charge in [0.15, 0.2) is 0 Å². The number of hydrogen-bond acceptors (Lipinski definition) is 5. The van der Waals surface area contributed by atoms with Crippen LogP contribution >= 0.6 is 34.3 Å². The van der Waals surface area contributed by atoms with Gasteiger partial charge in [0.05, 0.1) is 16.3 Å². The fourth-order valence-electron chi connectivity index (χ4n) is 2.69. The van der Waals surface area contributed by atoms with Crippen LogP contribution in [0.25, 0.3) is 20.8 Å². The Hall–Kier alpha value is -2.28. The molecule has 1 amide bonds. The molecule has 4 rings (SSSR count). The number of halogens is 1. The van der Waals surface area contributed by atoms with Gasteiger partial charge in [-0.15, -0.1) is 22.7 Å². The van der Waals surface area contributed by atoms with Crippen LogP contribution in [0, 0.1) is 0 Å². The number of fused-ring (bicyclic) bond motifs is 1. The molecule has 0 saturated heterocycles. The van der Waals surface area contributed by atoms with E-state index in [2.05, 4.69) is 9.97 Å². The van der Waals surface area contributed by atoms with Gasteiger partial charge in [0.1, 0.15) is 15.7 Å². The molecule has 2 aromatic heterocycles. The van der Waals surface area contributed by atoms with Crippen LogP contribution in [0.4, 0.5) is 0 Å². The lowest BCUT2D eigenvalue weighted by atomic mass is 10.2. The van der Waals surface area contributed by atoms with Crippen molar-refractivity contribution in [3.05, 3.63) is 69.6 Å². The SMILES string of the molecule is CC(c1nc2ccccc2s1)N(C)C(=O)c1csc(-c2ccc(Cl)cc2)n1. The van der Waals surface area contributed by atoms with Crippen molar-refractivity contribution in [3.8, 4) is 10.6 Å². The molecule has 0 N–H and O–H groups in total. The number of rotatable bonds is 4. The van der Waals surface area contributed by atoms with Gasteiger partial charge in [-0.1, -0.05) is 35.9 Å². The van der Waals surface area contributed by atoms with Gasteiger partial charge in [0.2, 0.25) is 0 Å². The van der Waals surface area contributed by atoms with Crippen LogP contribution in [0.5, 0.6) is 0 Å². The van der Waals surface area contributed by atoms with Gasteiger partial charge in [-0.2, -0.15) is 0 Å². The third-order valence-electron chi connectivity index (χ3n) is 4.38. The Morgan fingerprint density at radius 2 is 1.85 bits per heavy atom. The molecular weight excluding hydrogens is 398 g/mol. The Bertz CT molecular complexity index is 1070. The van der Waals surface area contributed by atoms with E-state index in [4.69, 9.17) is 11.6 Å². The number of para-hydroxylation sites is 1. The van der Waals surface area contributed by atoms with E-state index in [9.17, 15) is 4.79 Å². The fourth-order valence-corrected chi connectivity index (χ4v) is 4.68. The quantitative estimate of drug-likeness (QED) is 0.418. The molecule has 0 aliphatic carbocycles. The highest BCUT2D eigenvalue weighted by Crippen LogP contribution is 2.30. The van der Waals surface area contributed by atoms with Crippen LogP contribution in [-0.4, -0.2) is 27.8 Å². The van der Waals surface area contributed by atoms with Gasteiger partial charge in [0.25, 0.3) is 5.91 Å². The van der Waals surface area contributed by atoms with E-state index in [0.29, 0.717) is 10.7 Å². The molecule has 0 aliphatic rings. The van der Waals surface area contributed by atoms with Gasteiger partial charge in [0, 0.05) is 23.0 Å². The number of aromatic nitrogens is 2. The first-order chi connectivity index (χ1) is 13.0. The average molecular weight is 414 g/mol. The average Bonchev–Trinajstić information content (AvgIpc) is 3.34. The predicted octanol–water partition coefficient (Wildman–Crippen LogP) is 5.91. The minimum absolute atomic E-state index is 0.113. The second-order valence-electron chi connectivity index (χ2n) is 6.16. The van der Waals surface area contributed by atoms with Crippen molar-refractivity contribution in [2.75, 3.05) is 7.05 Å². The lowest BCUT2D eigenvalue weighted by Crippen LogP contribution is -2.29. The van der Waals surface area contributed by atoms with Crippen LogP contribution in [0.2, 0.25) is 5.02 Å². The summed E-state index contributed by atoms with van der Waals surface area (Å²) in [5, 5.41) is 4.20. The third-order valence-corrected chi connectivity index (χ3v) is 6.73. The minimum Gasteiger partial charge on any atom is -0.331 e. The largest absolute Gasteiger partial charge is 0.331 e. The van der Waals surface area contributed by atoms with Crippen molar-refractivity contribution in [2.24, 2.45) is 0 Å². The minimum atomic E-state index is -0.129. The number of thiazole rings is 2. The molecule has 0 radical (unpaired) electrons. The van der Waals surface area contributed by atoms with E-state index < -0.39 is 0 Å². The van der Waals surface area contributed by atoms with Crippen molar-refractivity contribution in [1.29, 1.82) is 0 Å². The van der Waals surface area contributed by atoms with Crippen LogP contribution in [0.1, 0.15) is 28.5 Å². The monoisotopic (exact) mass is 413 g/mol. The van der Waals surface area contributed by atoms with Gasteiger partial charge in [-0.25, -0.2) is 9.97 Å². The van der Waals surface area contributed by atoms with E-state index in [1.807, 2.05) is 55.5 Å². The van der Waals surface area contributed by atoms with Gasteiger partial charge in [-0.05, 0) is 31.2 Å². The maximum atomic E-state index is 12.9. The lowest BCUT2D eigenvalue weighted by molar-refractivity contribution is 0.0737. The van der Waals surface area contributed by atoms with Crippen LogP contribution in [0.3, 0.4) is 0 Å². The van der Waals surface area contributed by atoms with Gasteiger partial charge < -0.3 is 4.90 Å². The molecule has 0 spiro atoms. The van der Waals surface area contributed by atoms with E-state index in [1.165, 1.54) is 11.3 Å². The summed E-state index contributed by atoms with van der Waals surface area (Å²) in [4.78, 5) is 23.8. The molecule has 7 heteroatoms. The van der Waals surface area contributed by atoms with Crippen LogP contribution < -0.4 is 0 Å². The maximum Gasteiger partial charge on any atom is 0.273 e.